The van der Waals surface area contributed by atoms with Crippen LogP contribution in [-0.2, 0) is 14.3 Å². The molecule has 0 N–H and O–H groups in total. The largest absolute Gasteiger partial charge is 0.381 e. The summed E-state index contributed by atoms with van der Waals surface area (Å²) < 4.78 is 10.4. The zero-order valence-electron chi connectivity index (χ0n) is 11.4. The lowest BCUT2D eigenvalue weighted by Gasteiger charge is -2.36. The van der Waals surface area contributed by atoms with Crippen molar-refractivity contribution in [1.29, 1.82) is 5.26 Å². The van der Waals surface area contributed by atoms with Crippen LogP contribution in [0.5, 0.6) is 0 Å². The molecule has 0 saturated carbocycles. The van der Waals surface area contributed by atoms with Crippen molar-refractivity contribution in [1.82, 2.24) is 4.90 Å². The van der Waals surface area contributed by atoms with E-state index in [4.69, 9.17) is 9.47 Å². The summed E-state index contributed by atoms with van der Waals surface area (Å²) in [6.07, 6.45) is 3.88. The third-order valence-corrected chi connectivity index (χ3v) is 3.89. The van der Waals surface area contributed by atoms with E-state index in [0.29, 0.717) is 45.8 Å². The van der Waals surface area contributed by atoms with Gasteiger partial charge in [-0.2, -0.15) is 5.26 Å². The molecule has 1 saturated heterocycles. The highest BCUT2D eigenvalue weighted by atomic mass is 16.5. The molecule has 0 radical (unpaired) electrons. The summed E-state index contributed by atoms with van der Waals surface area (Å²) in [6, 6.07) is 2.23. The molecule has 19 heavy (non-hydrogen) atoms. The highest BCUT2D eigenvalue weighted by Gasteiger charge is 2.43. The fourth-order valence-electron chi connectivity index (χ4n) is 2.61. The van der Waals surface area contributed by atoms with Crippen LogP contribution in [0.4, 0.5) is 0 Å². The van der Waals surface area contributed by atoms with E-state index in [9.17, 15) is 10.1 Å². The SMILES string of the molecule is COCC1=CCN(C(=O)C2(C#N)CCOCC2)CC1. The van der Waals surface area contributed by atoms with Gasteiger partial charge in [-0.3, -0.25) is 4.79 Å². The smallest absolute Gasteiger partial charge is 0.243 e. The van der Waals surface area contributed by atoms with E-state index in [1.165, 1.54) is 5.57 Å². The molecule has 5 heteroatoms. The maximum Gasteiger partial charge on any atom is 0.243 e. The molecule has 5 nitrogen and oxygen atoms in total. The summed E-state index contributed by atoms with van der Waals surface area (Å²) in [5, 5.41) is 9.39. The lowest BCUT2D eigenvalue weighted by molar-refractivity contribution is -0.143. The van der Waals surface area contributed by atoms with Crippen molar-refractivity contribution in [3.63, 3.8) is 0 Å². The number of nitrogens with zero attached hydrogens (tertiary/aromatic N) is 2. The first kappa shape index (κ1) is 14.0. The number of amides is 1. The van der Waals surface area contributed by atoms with Crippen LogP contribution >= 0.6 is 0 Å². The van der Waals surface area contributed by atoms with Crippen molar-refractivity contribution in [2.75, 3.05) is 40.0 Å². The Kier molecular flexibility index (Phi) is 4.56. The fourth-order valence-corrected chi connectivity index (χ4v) is 2.61. The molecule has 2 rings (SSSR count). The molecule has 0 aromatic heterocycles. The molecule has 0 aromatic rings. The number of hydrogen-bond acceptors (Lipinski definition) is 4. The van der Waals surface area contributed by atoms with Gasteiger partial charge in [-0.15, -0.1) is 0 Å². The number of ether oxygens (including phenoxy) is 2. The highest BCUT2D eigenvalue weighted by Crippen LogP contribution is 2.32. The normalized spacial score (nSPS) is 22.5. The van der Waals surface area contributed by atoms with Crippen LogP contribution in [0.15, 0.2) is 11.6 Å². The predicted molar refractivity (Wildman–Crippen MR) is 69.3 cm³/mol. The molecule has 1 amide bonds. The average Bonchev–Trinajstić information content (AvgIpc) is 2.48. The van der Waals surface area contributed by atoms with Crippen LogP contribution < -0.4 is 0 Å². The number of nitriles is 1. The summed E-state index contributed by atoms with van der Waals surface area (Å²) in [5.74, 6) is -0.0361. The summed E-state index contributed by atoms with van der Waals surface area (Å²) in [7, 11) is 1.67. The molecule has 2 aliphatic heterocycles. The molecule has 0 atom stereocenters. The lowest BCUT2D eigenvalue weighted by Crippen LogP contribution is -2.47. The zero-order chi connectivity index (χ0) is 13.7. The first-order valence-corrected chi connectivity index (χ1v) is 6.67. The Morgan fingerprint density at radius 2 is 2.32 bits per heavy atom. The lowest BCUT2D eigenvalue weighted by atomic mass is 9.80. The van der Waals surface area contributed by atoms with E-state index < -0.39 is 5.41 Å². The Morgan fingerprint density at radius 1 is 1.58 bits per heavy atom. The maximum absolute atomic E-state index is 12.6. The number of methoxy groups -OCH3 is 1. The number of carbonyl (C=O) groups excluding carboxylic acids is 1. The van der Waals surface area contributed by atoms with Crippen molar-refractivity contribution >= 4 is 5.91 Å². The first-order chi connectivity index (χ1) is 9.22. The predicted octanol–water partition coefficient (Wildman–Crippen LogP) is 1.11. The minimum atomic E-state index is -0.870. The van der Waals surface area contributed by atoms with Crippen molar-refractivity contribution in [3.8, 4) is 6.07 Å². The molecular formula is C14H20N2O3. The molecule has 0 aromatic carbocycles. The second-order valence-electron chi connectivity index (χ2n) is 5.10. The molecule has 0 aliphatic carbocycles. The Morgan fingerprint density at radius 3 is 2.84 bits per heavy atom. The van der Waals surface area contributed by atoms with Crippen molar-refractivity contribution in [2.45, 2.75) is 19.3 Å². The minimum absolute atomic E-state index is 0.0361. The summed E-state index contributed by atoms with van der Waals surface area (Å²) in [6.45, 7) is 2.88. The van der Waals surface area contributed by atoms with Gasteiger partial charge in [-0.1, -0.05) is 6.08 Å². The third kappa shape index (κ3) is 2.96. The maximum atomic E-state index is 12.6. The molecule has 0 bridgehead atoms. The quantitative estimate of drug-likeness (QED) is 0.716. The van der Waals surface area contributed by atoms with Gasteiger partial charge in [-0.05, 0) is 24.8 Å². The number of rotatable bonds is 3. The zero-order valence-corrected chi connectivity index (χ0v) is 11.4. The van der Waals surface area contributed by atoms with E-state index in [2.05, 4.69) is 6.07 Å². The minimum Gasteiger partial charge on any atom is -0.381 e. The standard InChI is InChI=1S/C14H20N2O3/c1-18-10-12-2-6-16(7-3-12)13(17)14(11-15)4-8-19-9-5-14/h2H,3-10H2,1H3. The molecule has 1 fully saturated rings. The molecule has 2 aliphatic rings. The Bertz CT molecular complexity index is 405. The van der Waals surface area contributed by atoms with E-state index in [1.54, 1.807) is 12.0 Å². The van der Waals surface area contributed by atoms with Crippen molar-refractivity contribution < 1.29 is 14.3 Å². The number of hydrogen-bond donors (Lipinski definition) is 0. The monoisotopic (exact) mass is 264 g/mol. The van der Waals surface area contributed by atoms with E-state index in [1.807, 2.05) is 6.08 Å². The summed E-state index contributed by atoms with van der Waals surface area (Å²) in [5.41, 5.74) is 0.356. The molecule has 0 unspecified atom stereocenters. The van der Waals surface area contributed by atoms with Crippen LogP contribution in [0.1, 0.15) is 19.3 Å². The van der Waals surface area contributed by atoms with Crippen molar-refractivity contribution in [3.05, 3.63) is 11.6 Å². The van der Waals surface area contributed by atoms with Gasteiger partial charge in [0.25, 0.3) is 0 Å². The summed E-state index contributed by atoms with van der Waals surface area (Å²) >= 11 is 0. The van der Waals surface area contributed by atoms with Crippen LogP contribution in [0.3, 0.4) is 0 Å². The third-order valence-electron chi connectivity index (χ3n) is 3.89. The van der Waals surface area contributed by atoms with E-state index >= 15 is 0 Å². The van der Waals surface area contributed by atoms with Crippen LogP contribution in [0, 0.1) is 16.7 Å². The van der Waals surface area contributed by atoms with Gasteiger partial charge in [0.05, 0.1) is 12.7 Å². The Hall–Kier alpha value is -1.38. The van der Waals surface area contributed by atoms with Crippen molar-refractivity contribution in [2.24, 2.45) is 5.41 Å². The Balaban J connectivity index is 2.02. The Labute approximate surface area is 113 Å². The van der Waals surface area contributed by atoms with Gasteiger partial charge in [0, 0.05) is 33.4 Å². The van der Waals surface area contributed by atoms with Crippen LogP contribution in [0.25, 0.3) is 0 Å². The summed E-state index contributed by atoms with van der Waals surface area (Å²) in [4.78, 5) is 14.3. The topological polar surface area (TPSA) is 62.6 Å². The van der Waals surface area contributed by atoms with Gasteiger partial charge in [0.15, 0.2) is 0 Å². The van der Waals surface area contributed by atoms with E-state index in [-0.39, 0.29) is 5.91 Å². The number of carbonyl (C=O) groups is 1. The molecule has 0 spiro atoms. The van der Waals surface area contributed by atoms with Gasteiger partial charge in [0.1, 0.15) is 5.41 Å². The van der Waals surface area contributed by atoms with Crippen LogP contribution in [-0.4, -0.2) is 50.8 Å². The van der Waals surface area contributed by atoms with Gasteiger partial charge in [-0.25, -0.2) is 0 Å². The fraction of sp³-hybridized carbons (Fsp3) is 0.714. The van der Waals surface area contributed by atoms with Gasteiger partial charge >= 0.3 is 0 Å². The molecular weight excluding hydrogens is 244 g/mol. The average molecular weight is 264 g/mol. The van der Waals surface area contributed by atoms with Crippen LogP contribution in [0.2, 0.25) is 0 Å². The molecule has 104 valence electrons. The highest BCUT2D eigenvalue weighted by molar-refractivity contribution is 5.86. The second-order valence-corrected chi connectivity index (χ2v) is 5.10. The van der Waals surface area contributed by atoms with Gasteiger partial charge in [0.2, 0.25) is 5.91 Å². The second kappa shape index (κ2) is 6.18. The first-order valence-electron chi connectivity index (χ1n) is 6.67. The molecule has 2 heterocycles. The van der Waals surface area contributed by atoms with E-state index in [0.717, 1.165) is 6.42 Å². The van der Waals surface area contributed by atoms with Gasteiger partial charge < -0.3 is 14.4 Å².